The molecule has 0 atom stereocenters. The lowest BCUT2D eigenvalue weighted by atomic mass is 10.1. The quantitative estimate of drug-likeness (QED) is 0.649. The van der Waals surface area contributed by atoms with Crippen LogP contribution in [0.2, 0.25) is 0 Å². The molecule has 1 N–H and O–H groups in total. The zero-order valence-corrected chi connectivity index (χ0v) is 12.9. The normalized spacial score (nSPS) is 13.1. The van der Waals surface area contributed by atoms with Crippen molar-refractivity contribution in [1.82, 2.24) is 10.4 Å². The van der Waals surface area contributed by atoms with Crippen LogP contribution in [-0.2, 0) is 16.1 Å². The molecule has 24 heavy (non-hydrogen) atoms. The summed E-state index contributed by atoms with van der Waals surface area (Å²) in [4.78, 5) is 36.0. The second kappa shape index (κ2) is 7.06. The van der Waals surface area contributed by atoms with Gasteiger partial charge in [0.05, 0.1) is 17.5 Å². The maximum absolute atomic E-state index is 12.1. The van der Waals surface area contributed by atoms with Gasteiger partial charge in [-0.1, -0.05) is 42.5 Å². The molecule has 0 unspecified atom stereocenters. The predicted molar refractivity (Wildman–Crippen MR) is 85.8 cm³/mol. The van der Waals surface area contributed by atoms with E-state index in [2.05, 4.69) is 5.43 Å². The van der Waals surface area contributed by atoms with Gasteiger partial charge in [-0.2, -0.15) is 0 Å². The topological polar surface area (TPSA) is 75.7 Å². The molecule has 3 rings (SSSR count). The first-order valence-corrected chi connectivity index (χ1v) is 7.57. The molecule has 0 fully saturated rings. The average Bonchev–Trinajstić information content (AvgIpc) is 2.86. The number of hydrogen-bond acceptors (Lipinski definition) is 5. The smallest absolute Gasteiger partial charge is 0.307 e. The summed E-state index contributed by atoms with van der Waals surface area (Å²) in [6.45, 7) is 0.339. The molecule has 0 radical (unpaired) electrons. The number of nitrogens with one attached hydrogen (secondary N) is 1. The van der Waals surface area contributed by atoms with Gasteiger partial charge < -0.3 is 4.74 Å². The first-order chi connectivity index (χ1) is 11.7. The number of hydrazine groups is 1. The minimum Gasteiger partial charge on any atom is -0.461 e. The highest BCUT2D eigenvalue weighted by Crippen LogP contribution is 2.20. The fraction of sp³-hybridized carbons (Fsp3) is 0.167. The van der Waals surface area contributed by atoms with E-state index in [1.165, 1.54) is 0 Å². The molecule has 6 heteroatoms. The molecule has 1 aliphatic heterocycles. The number of carbonyl (C=O) groups excluding carboxylic acids is 3. The maximum atomic E-state index is 12.1. The number of benzene rings is 2. The van der Waals surface area contributed by atoms with Gasteiger partial charge in [0, 0.05) is 6.54 Å². The summed E-state index contributed by atoms with van der Waals surface area (Å²) < 4.78 is 5.14. The monoisotopic (exact) mass is 324 g/mol. The van der Waals surface area contributed by atoms with Crippen LogP contribution in [0.3, 0.4) is 0 Å². The fourth-order valence-electron chi connectivity index (χ4n) is 2.41. The van der Waals surface area contributed by atoms with E-state index in [4.69, 9.17) is 4.74 Å². The third-order valence-corrected chi connectivity index (χ3v) is 3.64. The minimum absolute atomic E-state index is 0.0558. The molecule has 2 aromatic carbocycles. The van der Waals surface area contributed by atoms with E-state index in [-0.39, 0.29) is 19.6 Å². The lowest BCUT2D eigenvalue weighted by molar-refractivity contribution is -0.145. The second-order valence-corrected chi connectivity index (χ2v) is 5.30. The molecule has 122 valence electrons. The van der Waals surface area contributed by atoms with Crippen molar-refractivity contribution in [2.24, 2.45) is 0 Å². The lowest BCUT2D eigenvalue weighted by Gasteiger charge is -2.14. The molecule has 0 saturated carbocycles. The maximum Gasteiger partial charge on any atom is 0.307 e. The molecule has 0 saturated heterocycles. The highest BCUT2D eigenvalue weighted by atomic mass is 16.5. The van der Waals surface area contributed by atoms with Crippen LogP contribution in [0.15, 0.2) is 54.6 Å². The van der Waals surface area contributed by atoms with E-state index < -0.39 is 17.8 Å². The minimum atomic E-state index is -0.409. The standard InChI is InChI=1S/C18H16N2O4/c21-16(24-12-13-6-2-1-3-7-13)10-11-19-20-17(22)14-8-4-5-9-15(14)18(20)23/h1-9,19H,10-12H2. The number of esters is 1. The molecule has 6 nitrogen and oxygen atoms in total. The van der Waals surface area contributed by atoms with Gasteiger partial charge in [-0.05, 0) is 17.7 Å². The molecule has 0 aromatic heterocycles. The fourth-order valence-corrected chi connectivity index (χ4v) is 2.41. The van der Waals surface area contributed by atoms with Crippen LogP contribution in [0.1, 0.15) is 32.7 Å². The van der Waals surface area contributed by atoms with Gasteiger partial charge in [-0.15, -0.1) is 0 Å². The lowest BCUT2D eigenvalue weighted by Crippen LogP contribution is -2.43. The van der Waals surface area contributed by atoms with Crippen molar-refractivity contribution in [3.63, 3.8) is 0 Å². The molecule has 1 heterocycles. The third-order valence-electron chi connectivity index (χ3n) is 3.64. The van der Waals surface area contributed by atoms with Crippen LogP contribution < -0.4 is 5.43 Å². The van der Waals surface area contributed by atoms with E-state index in [0.717, 1.165) is 10.6 Å². The van der Waals surface area contributed by atoms with Crippen LogP contribution in [0.4, 0.5) is 0 Å². The van der Waals surface area contributed by atoms with Crippen LogP contribution in [0.5, 0.6) is 0 Å². The summed E-state index contributed by atoms with van der Waals surface area (Å²) in [6.07, 6.45) is 0.0558. The first-order valence-electron chi connectivity index (χ1n) is 7.57. The summed E-state index contributed by atoms with van der Waals surface area (Å²) in [7, 11) is 0. The van der Waals surface area contributed by atoms with Crippen LogP contribution >= 0.6 is 0 Å². The van der Waals surface area contributed by atoms with E-state index in [1.807, 2.05) is 30.3 Å². The molecule has 0 aliphatic carbocycles. The molecular formula is C18H16N2O4. The molecule has 2 aromatic rings. The number of ether oxygens (including phenoxy) is 1. The van der Waals surface area contributed by atoms with E-state index in [1.54, 1.807) is 24.3 Å². The Morgan fingerprint density at radius 2 is 1.50 bits per heavy atom. The SMILES string of the molecule is O=C(CCNN1C(=O)c2ccccc2C1=O)OCc1ccccc1. The third kappa shape index (κ3) is 3.33. The Labute approximate surface area is 139 Å². The number of fused-ring (bicyclic) bond motifs is 1. The summed E-state index contributed by atoms with van der Waals surface area (Å²) in [5.74, 6) is -1.22. The van der Waals surface area contributed by atoms with Gasteiger partial charge >= 0.3 is 5.97 Å². The molecule has 2 amide bonds. The van der Waals surface area contributed by atoms with Crippen LogP contribution in [0.25, 0.3) is 0 Å². The Morgan fingerprint density at radius 1 is 0.917 bits per heavy atom. The number of rotatable bonds is 6. The Balaban J connectivity index is 1.46. The van der Waals surface area contributed by atoms with Crippen molar-refractivity contribution in [3.05, 3.63) is 71.3 Å². The molecule has 0 bridgehead atoms. The number of nitrogens with zero attached hydrogens (tertiary/aromatic N) is 1. The highest BCUT2D eigenvalue weighted by molar-refractivity contribution is 6.20. The first kappa shape index (κ1) is 15.9. The van der Waals surface area contributed by atoms with E-state index in [9.17, 15) is 14.4 Å². The number of imide groups is 1. The molecule has 0 spiro atoms. The van der Waals surface area contributed by atoms with Crippen molar-refractivity contribution in [2.45, 2.75) is 13.0 Å². The van der Waals surface area contributed by atoms with Gasteiger partial charge in [0.25, 0.3) is 11.8 Å². The molecular weight excluding hydrogens is 308 g/mol. The Hall–Kier alpha value is -2.99. The van der Waals surface area contributed by atoms with E-state index >= 15 is 0 Å². The van der Waals surface area contributed by atoms with Crippen molar-refractivity contribution >= 4 is 17.8 Å². The Kier molecular flexibility index (Phi) is 4.67. The largest absolute Gasteiger partial charge is 0.461 e. The van der Waals surface area contributed by atoms with Crippen LogP contribution in [0, 0.1) is 0 Å². The van der Waals surface area contributed by atoms with Crippen molar-refractivity contribution in [3.8, 4) is 0 Å². The zero-order valence-electron chi connectivity index (χ0n) is 12.9. The van der Waals surface area contributed by atoms with Gasteiger partial charge in [0.2, 0.25) is 0 Å². The number of amides is 2. The second-order valence-electron chi connectivity index (χ2n) is 5.30. The summed E-state index contributed by atoms with van der Waals surface area (Å²) in [5.41, 5.74) is 4.32. The van der Waals surface area contributed by atoms with Crippen molar-refractivity contribution in [1.29, 1.82) is 0 Å². The van der Waals surface area contributed by atoms with Gasteiger partial charge in [0.1, 0.15) is 6.61 Å². The van der Waals surface area contributed by atoms with Gasteiger partial charge in [-0.3, -0.25) is 14.4 Å². The van der Waals surface area contributed by atoms with E-state index in [0.29, 0.717) is 11.1 Å². The summed E-state index contributed by atoms with van der Waals surface area (Å²) in [5, 5.41) is 0.940. The number of carbonyl (C=O) groups is 3. The van der Waals surface area contributed by atoms with Gasteiger partial charge in [0.15, 0.2) is 0 Å². The average molecular weight is 324 g/mol. The van der Waals surface area contributed by atoms with Crippen molar-refractivity contribution in [2.75, 3.05) is 6.54 Å². The zero-order chi connectivity index (χ0) is 16.9. The summed E-state index contributed by atoms with van der Waals surface area (Å²) >= 11 is 0. The van der Waals surface area contributed by atoms with Gasteiger partial charge in [-0.25, -0.2) is 10.4 Å². The number of hydrogen-bond donors (Lipinski definition) is 1. The Bertz CT molecular complexity index is 739. The summed E-state index contributed by atoms with van der Waals surface area (Å²) in [6, 6.07) is 16.0. The Morgan fingerprint density at radius 3 is 2.12 bits per heavy atom. The molecule has 1 aliphatic rings. The highest BCUT2D eigenvalue weighted by Gasteiger charge is 2.35. The van der Waals surface area contributed by atoms with Crippen LogP contribution in [-0.4, -0.2) is 29.3 Å². The predicted octanol–water partition coefficient (Wildman–Crippen LogP) is 1.92. The van der Waals surface area contributed by atoms with Crippen molar-refractivity contribution < 1.29 is 19.1 Å².